The first-order chi connectivity index (χ1) is 11.7. The summed E-state index contributed by atoms with van der Waals surface area (Å²) in [5, 5.41) is 1.88. The Hall–Kier alpha value is -1.72. The average molecular weight is 402 g/mol. The number of imidazole rings is 1. The van der Waals surface area contributed by atoms with Crippen LogP contribution in [0.1, 0.15) is 6.92 Å². The van der Waals surface area contributed by atoms with Crippen LogP contribution in [0, 0.1) is 0 Å². The second-order valence-electron chi connectivity index (χ2n) is 5.92. The van der Waals surface area contributed by atoms with Gasteiger partial charge in [-0.2, -0.15) is 4.57 Å². The lowest BCUT2D eigenvalue weighted by Gasteiger charge is -2.06. The second kappa shape index (κ2) is 6.30. The Morgan fingerprint density at radius 3 is 2.50 bits per heavy atom. The zero-order valence-electron chi connectivity index (χ0n) is 13.6. The third-order valence-corrected chi connectivity index (χ3v) is 5.90. The van der Waals surface area contributed by atoms with Gasteiger partial charge in [0.05, 0.1) is 12.4 Å². The normalized spacial score (nSPS) is 16.2. The fraction of sp³-hybridized carbons (Fsp3) is 0.211. The van der Waals surface area contributed by atoms with E-state index in [1.807, 2.05) is 23.9 Å². The molecule has 122 valence electrons. The number of thioether (sulfide) groups is 1. The van der Waals surface area contributed by atoms with Gasteiger partial charge in [-0.25, -0.2) is 4.57 Å². The van der Waals surface area contributed by atoms with Crippen LogP contribution in [0.5, 0.6) is 5.75 Å². The smallest absolute Gasteiger partial charge is 0.324 e. The number of fused-ring (bicyclic) bond motifs is 1. The number of hydrogen-bond acceptors (Lipinski definition) is 2. The largest absolute Gasteiger partial charge is 0.497 e. The van der Waals surface area contributed by atoms with Crippen LogP contribution >= 0.6 is 27.7 Å². The molecule has 2 aromatic carbocycles. The third kappa shape index (κ3) is 2.76. The van der Waals surface area contributed by atoms with Gasteiger partial charge in [-0.1, -0.05) is 15.9 Å². The zero-order valence-corrected chi connectivity index (χ0v) is 16.0. The Balaban J connectivity index is 1.88. The van der Waals surface area contributed by atoms with Gasteiger partial charge >= 0.3 is 5.16 Å². The molecule has 0 saturated carbocycles. The van der Waals surface area contributed by atoms with Crippen LogP contribution in [0.4, 0.5) is 0 Å². The van der Waals surface area contributed by atoms with E-state index in [4.69, 9.17) is 4.74 Å². The minimum absolute atomic E-state index is 0.600. The summed E-state index contributed by atoms with van der Waals surface area (Å²) in [6.07, 6.45) is 2.26. The lowest BCUT2D eigenvalue weighted by molar-refractivity contribution is -0.725. The van der Waals surface area contributed by atoms with Crippen LogP contribution in [0.2, 0.25) is 0 Å². The summed E-state index contributed by atoms with van der Waals surface area (Å²) in [4.78, 5) is 0. The molecule has 0 fully saturated rings. The summed E-state index contributed by atoms with van der Waals surface area (Å²) in [5.41, 5.74) is 3.58. The number of methoxy groups -OCH3 is 1. The van der Waals surface area contributed by atoms with E-state index >= 15 is 0 Å². The van der Waals surface area contributed by atoms with Crippen molar-refractivity contribution >= 4 is 27.7 Å². The summed E-state index contributed by atoms with van der Waals surface area (Å²) in [6, 6.07) is 16.8. The van der Waals surface area contributed by atoms with Crippen molar-refractivity contribution in [2.45, 2.75) is 23.9 Å². The van der Waals surface area contributed by atoms with E-state index < -0.39 is 0 Å². The summed E-state index contributed by atoms with van der Waals surface area (Å²) in [6.45, 7) is 3.32. The molecule has 2 heterocycles. The maximum Gasteiger partial charge on any atom is 0.324 e. The topological polar surface area (TPSA) is 18.0 Å². The summed E-state index contributed by atoms with van der Waals surface area (Å²) < 4.78 is 11.1. The first-order valence-electron chi connectivity index (χ1n) is 7.88. The van der Waals surface area contributed by atoms with Gasteiger partial charge < -0.3 is 4.74 Å². The van der Waals surface area contributed by atoms with E-state index in [-0.39, 0.29) is 0 Å². The molecule has 0 unspecified atom stereocenters. The summed E-state index contributed by atoms with van der Waals surface area (Å²) >= 11 is 5.45. The van der Waals surface area contributed by atoms with Gasteiger partial charge in [0.15, 0.2) is 5.69 Å². The van der Waals surface area contributed by atoms with Crippen LogP contribution < -0.4 is 9.30 Å². The minimum atomic E-state index is 0.600. The second-order valence-corrected chi connectivity index (χ2v) is 8.24. The van der Waals surface area contributed by atoms with E-state index in [2.05, 4.69) is 74.6 Å². The van der Waals surface area contributed by atoms with E-state index in [1.54, 1.807) is 7.11 Å². The number of halogens is 1. The molecule has 4 rings (SSSR count). The molecule has 0 spiro atoms. The van der Waals surface area contributed by atoms with Gasteiger partial charge in [-0.3, -0.25) is 0 Å². The molecule has 0 amide bonds. The fourth-order valence-electron chi connectivity index (χ4n) is 3.04. The third-order valence-electron chi connectivity index (χ3n) is 4.19. The molecule has 5 heteroatoms. The highest BCUT2D eigenvalue weighted by molar-refractivity contribution is 9.10. The SMILES string of the molecule is COc1ccc(-n2c(-c3ccc(Br)cc3)c[n+]3c2S[C@H](C)C3)cc1. The number of aromatic nitrogens is 2. The van der Waals surface area contributed by atoms with E-state index in [9.17, 15) is 0 Å². The molecule has 1 aliphatic heterocycles. The number of benzene rings is 2. The molecule has 1 aliphatic rings. The first-order valence-corrected chi connectivity index (χ1v) is 9.55. The maximum absolute atomic E-state index is 5.30. The molecule has 0 bridgehead atoms. The predicted octanol–water partition coefficient (Wildman–Crippen LogP) is 4.70. The summed E-state index contributed by atoms with van der Waals surface area (Å²) in [5.74, 6) is 0.876. The lowest BCUT2D eigenvalue weighted by atomic mass is 10.1. The van der Waals surface area contributed by atoms with Crippen LogP contribution in [0.3, 0.4) is 0 Å². The van der Waals surface area contributed by atoms with Crippen molar-refractivity contribution < 1.29 is 9.30 Å². The average Bonchev–Trinajstić information content (AvgIpc) is 3.11. The Bertz CT molecular complexity index is 872. The van der Waals surface area contributed by atoms with Crippen molar-refractivity contribution in [2.75, 3.05) is 7.11 Å². The van der Waals surface area contributed by atoms with Gasteiger partial charge in [0, 0.05) is 10.0 Å². The number of ether oxygens (including phenoxy) is 1. The molecule has 0 N–H and O–H groups in total. The molecule has 3 aromatic rings. The highest BCUT2D eigenvalue weighted by atomic mass is 79.9. The van der Waals surface area contributed by atoms with E-state index in [0.717, 1.165) is 22.5 Å². The molecule has 3 nitrogen and oxygen atoms in total. The van der Waals surface area contributed by atoms with Gasteiger partial charge in [-0.05, 0) is 67.2 Å². The number of nitrogens with zero attached hydrogens (tertiary/aromatic N) is 2. The standard InChI is InChI=1S/C19H18BrN2OS/c1-13-11-21-12-18(14-3-5-15(20)6-4-14)22(19(21)24-13)16-7-9-17(23-2)10-8-16/h3-10,12-13H,11H2,1-2H3/q+1/t13-/m1/s1. The van der Waals surface area contributed by atoms with Gasteiger partial charge in [0.25, 0.3) is 0 Å². The molecule has 1 aromatic heterocycles. The van der Waals surface area contributed by atoms with Crippen molar-refractivity contribution in [3.63, 3.8) is 0 Å². The lowest BCUT2D eigenvalue weighted by Crippen LogP contribution is -2.32. The van der Waals surface area contributed by atoms with Crippen molar-refractivity contribution in [1.82, 2.24) is 4.57 Å². The highest BCUT2D eigenvalue weighted by Crippen LogP contribution is 2.35. The van der Waals surface area contributed by atoms with Crippen molar-refractivity contribution in [3.05, 3.63) is 59.2 Å². The number of rotatable bonds is 3. The van der Waals surface area contributed by atoms with Crippen LogP contribution in [0.15, 0.2) is 64.4 Å². The van der Waals surface area contributed by atoms with E-state index in [0.29, 0.717) is 5.25 Å². The van der Waals surface area contributed by atoms with Crippen molar-refractivity contribution in [2.24, 2.45) is 0 Å². The molecule has 24 heavy (non-hydrogen) atoms. The maximum atomic E-state index is 5.30. The monoisotopic (exact) mass is 401 g/mol. The van der Waals surface area contributed by atoms with Crippen molar-refractivity contribution in [3.8, 4) is 22.7 Å². The van der Waals surface area contributed by atoms with Gasteiger partial charge in [0.2, 0.25) is 0 Å². The Morgan fingerprint density at radius 1 is 1.12 bits per heavy atom. The van der Waals surface area contributed by atoms with Crippen LogP contribution in [0.25, 0.3) is 16.9 Å². The van der Waals surface area contributed by atoms with Crippen molar-refractivity contribution in [1.29, 1.82) is 0 Å². The van der Waals surface area contributed by atoms with E-state index in [1.165, 1.54) is 16.4 Å². The van der Waals surface area contributed by atoms with Crippen LogP contribution in [-0.2, 0) is 6.54 Å². The Labute approximate surface area is 154 Å². The van der Waals surface area contributed by atoms with Gasteiger partial charge in [-0.15, -0.1) is 0 Å². The minimum Gasteiger partial charge on any atom is -0.497 e. The van der Waals surface area contributed by atoms with Crippen LogP contribution in [-0.4, -0.2) is 16.9 Å². The summed E-state index contributed by atoms with van der Waals surface area (Å²) in [7, 11) is 1.70. The quantitative estimate of drug-likeness (QED) is 0.592. The zero-order chi connectivity index (χ0) is 16.7. The van der Waals surface area contributed by atoms with Gasteiger partial charge in [0.1, 0.15) is 24.2 Å². The molecule has 0 radical (unpaired) electrons. The molecular weight excluding hydrogens is 384 g/mol. The molecule has 0 saturated heterocycles. The molecule has 0 aliphatic carbocycles. The molecule has 1 atom stereocenters. The fourth-order valence-corrected chi connectivity index (χ4v) is 4.47. The predicted molar refractivity (Wildman–Crippen MR) is 101 cm³/mol. The number of hydrogen-bond donors (Lipinski definition) is 0. The molecular formula is C19H18BrN2OS+. The highest BCUT2D eigenvalue weighted by Gasteiger charge is 2.34. The first kappa shape index (κ1) is 15.8. The Kier molecular flexibility index (Phi) is 4.14. The Morgan fingerprint density at radius 2 is 1.83 bits per heavy atom.